The predicted molar refractivity (Wildman–Crippen MR) is 84.5 cm³/mol. The van der Waals surface area contributed by atoms with E-state index in [0.717, 1.165) is 17.0 Å². The Bertz CT molecular complexity index is 762. The van der Waals surface area contributed by atoms with Crippen molar-refractivity contribution in [1.82, 2.24) is 0 Å². The summed E-state index contributed by atoms with van der Waals surface area (Å²) in [5, 5.41) is 2.19. The van der Waals surface area contributed by atoms with Gasteiger partial charge in [-0.25, -0.2) is 8.78 Å². The summed E-state index contributed by atoms with van der Waals surface area (Å²) < 4.78 is 27.1. The summed E-state index contributed by atoms with van der Waals surface area (Å²) in [6, 6.07) is 10.5. The Balaban J connectivity index is 1.79. The highest BCUT2D eigenvalue weighted by Gasteiger charge is 2.26. The fourth-order valence-electron chi connectivity index (χ4n) is 2.27. The molecule has 0 spiro atoms. The first-order valence-corrected chi connectivity index (χ1v) is 7.81. The van der Waals surface area contributed by atoms with Crippen molar-refractivity contribution in [1.29, 1.82) is 0 Å². The topological polar surface area (TPSA) is 49.4 Å². The van der Waals surface area contributed by atoms with E-state index < -0.39 is 23.2 Å². The van der Waals surface area contributed by atoms with Gasteiger partial charge in [-0.2, -0.15) is 0 Å². The summed E-state index contributed by atoms with van der Waals surface area (Å²) in [5.41, 5.74) is 0.113. The summed E-state index contributed by atoms with van der Waals surface area (Å²) in [4.78, 5) is 26.4. The lowest BCUT2D eigenvalue weighted by molar-refractivity contribution is -0.120. The van der Waals surface area contributed by atoms with Crippen LogP contribution in [-0.2, 0) is 9.59 Å². The minimum Gasteiger partial charge on any atom is -0.320 e. The molecule has 0 aromatic heterocycles. The number of nitrogens with one attached hydrogen (secondary N) is 1. The number of para-hydroxylation sites is 2. The molecule has 0 saturated heterocycles. The molecule has 23 heavy (non-hydrogen) atoms. The second kappa shape index (κ2) is 6.37. The van der Waals surface area contributed by atoms with E-state index in [-0.39, 0.29) is 18.2 Å². The SMILES string of the molecule is O=C(CN1C(=O)CSc2ccccc21)Nc1c(F)cccc1F. The molecule has 3 rings (SSSR count). The maximum absolute atomic E-state index is 13.6. The zero-order valence-corrected chi connectivity index (χ0v) is 12.7. The fourth-order valence-corrected chi connectivity index (χ4v) is 3.20. The zero-order valence-electron chi connectivity index (χ0n) is 11.9. The Kier molecular flexibility index (Phi) is 4.29. The summed E-state index contributed by atoms with van der Waals surface area (Å²) in [6.45, 7) is -0.301. The minimum absolute atomic E-state index is 0.221. The number of hydrogen-bond donors (Lipinski definition) is 1. The van der Waals surface area contributed by atoms with E-state index in [9.17, 15) is 18.4 Å². The second-order valence-corrected chi connectivity index (χ2v) is 5.90. The van der Waals surface area contributed by atoms with Crippen molar-refractivity contribution in [2.75, 3.05) is 22.5 Å². The van der Waals surface area contributed by atoms with Crippen LogP contribution in [0, 0.1) is 11.6 Å². The lowest BCUT2D eigenvalue weighted by Gasteiger charge is -2.28. The fraction of sp³-hybridized carbons (Fsp3) is 0.125. The van der Waals surface area contributed by atoms with Gasteiger partial charge in [0.25, 0.3) is 0 Å². The summed E-state index contributed by atoms with van der Waals surface area (Å²) >= 11 is 1.39. The van der Waals surface area contributed by atoms with Gasteiger partial charge < -0.3 is 10.2 Å². The molecule has 1 N–H and O–H groups in total. The highest BCUT2D eigenvalue weighted by atomic mass is 32.2. The van der Waals surface area contributed by atoms with E-state index in [4.69, 9.17) is 0 Å². The van der Waals surface area contributed by atoms with Gasteiger partial charge in [-0.05, 0) is 24.3 Å². The molecule has 0 bridgehead atoms. The molecule has 2 amide bonds. The summed E-state index contributed by atoms with van der Waals surface area (Å²) in [7, 11) is 0. The molecule has 0 atom stereocenters. The lowest BCUT2D eigenvalue weighted by atomic mass is 10.2. The van der Waals surface area contributed by atoms with Crippen molar-refractivity contribution in [3.63, 3.8) is 0 Å². The number of nitrogens with zero attached hydrogens (tertiary/aromatic N) is 1. The molecule has 7 heteroatoms. The van der Waals surface area contributed by atoms with Gasteiger partial charge in [0.2, 0.25) is 11.8 Å². The second-order valence-electron chi connectivity index (χ2n) is 4.88. The van der Waals surface area contributed by atoms with Crippen LogP contribution in [0.3, 0.4) is 0 Å². The average molecular weight is 334 g/mol. The normalized spacial score (nSPS) is 13.7. The van der Waals surface area contributed by atoms with Crippen LogP contribution in [-0.4, -0.2) is 24.1 Å². The molecular weight excluding hydrogens is 322 g/mol. The molecule has 4 nitrogen and oxygen atoms in total. The summed E-state index contributed by atoms with van der Waals surface area (Å²) in [6.07, 6.45) is 0. The van der Waals surface area contributed by atoms with Gasteiger partial charge in [0.15, 0.2) is 0 Å². The van der Waals surface area contributed by atoms with Crippen LogP contribution in [0.5, 0.6) is 0 Å². The third-order valence-corrected chi connectivity index (χ3v) is 4.38. The van der Waals surface area contributed by atoms with Crippen LogP contribution in [0.25, 0.3) is 0 Å². The summed E-state index contributed by atoms with van der Waals surface area (Å²) in [5.74, 6) is -2.39. The smallest absolute Gasteiger partial charge is 0.244 e. The van der Waals surface area contributed by atoms with E-state index in [1.54, 1.807) is 12.1 Å². The Hall–Kier alpha value is -2.41. The molecule has 2 aromatic rings. The van der Waals surface area contributed by atoms with Gasteiger partial charge in [-0.1, -0.05) is 18.2 Å². The number of amides is 2. The number of fused-ring (bicyclic) bond motifs is 1. The van der Waals surface area contributed by atoms with Crippen molar-refractivity contribution in [2.24, 2.45) is 0 Å². The molecule has 0 unspecified atom stereocenters. The molecule has 0 fully saturated rings. The molecule has 1 heterocycles. The van der Waals surface area contributed by atoms with Gasteiger partial charge in [-0.3, -0.25) is 9.59 Å². The molecule has 1 aliphatic heterocycles. The number of anilines is 2. The molecule has 0 saturated carbocycles. The van der Waals surface area contributed by atoms with Crippen molar-refractivity contribution in [3.8, 4) is 0 Å². The minimum atomic E-state index is -0.862. The largest absolute Gasteiger partial charge is 0.320 e. The maximum atomic E-state index is 13.6. The highest BCUT2D eigenvalue weighted by molar-refractivity contribution is 8.00. The molecule has 2 aromatic carbocycles. The maximum Gasteiger partial charge on any atom is 0.244 e. The number of rotatable bonds is 3. The Morgan fingerprint density at radius 2 is 1.83 bits per heavy atom. The number of carbonyl (C=O) groups is 2. The predicted octanol–water partition coefficient (Wildman–Crippen LogP) is 3.04. The Morgan fingerprint density at radius 3 is 2.57 bits per heavy atom. The highest BCUT2D eigenvalue weighted by Crippen LogP contribution is 2.34. The first kappa shape index (κ1) is 15.5. The van der Waals surface area contributed by atoms with E-state index in [0.29, 0.717) is 5.69 Å². The van der Waals surface area contributed by atoms with E-state index in [1.807, 2.05) is 12.1 Å². The number of thioether (sulfide) groups is 1. The number of carbonyl (C=O) groups excluding carboxylic acids is 2. The molecule has 0 aliphatic carbocycles. The third-order valence-electron chi connectivity index (χ3n) is 3.34. The van der Waals surface area contributed by atoms with Gasteiger partial charge in [0.1, 0.15) is 23.9 Å². The van der Waals surface area contributed by atoms with E-state index >= 15 is 0 Å². The van der Waals surface area contributed by atoms with Crippen molar-refractivity contribution in [3.05, 3.63) is 54.1 Å². The monoisotopic (exact) mass is 334 g/mol. The van der Waals surface area contributed by atoms with Crippen LogP contribution in [0.2, 0.25) is 0 Å². The van der Waals surface area contributed by atoms with Crippen LogP contribution in [0.15, 0.2) is 47.4 Å². The quantitative estimate of drug-likeness (QED) is 0.939. The number of halogens is 2. The van der Waals surface area contributed by atoms with E-state index in [1.165, 1.54) is 22.7 Å². The Labute approximate surface area is 135 Å². The molecule has 1 aliphatic rings. The van der Waals surface area contributed by atoms with Crippen LogP contribution < -0.4 is 10.2 Å². The molecular formula is C16H12F2N2O2S. The van der Waals surface area contributed by atoms with Crippen molar-refractivity contribution < 1.29 is 18.4 Å². The van der Waals surface area contributed by atoms with Gasteiger partial charge >= 0.3 is 0 Å². The Morgan fingerprint density at radius 1 is 1.13 bits per heavy atom. The molecule has 118 valence electrons. The van der Waals surface area contributed by atoms with Crippen molar-refractivity contribution in [2.45, 2.75) is 4.90 Å². The number of benzene rings is 2. The molecule has 0 radical (unpaired) electrons. The van der Waals surface area contributed by atoms with Crippen molar-refractivity contribution >= 4 is 35.0 Å². The van der Waals surface area contributed by atoms with Gasteiger partial charge in [-0.15, -0.1) is 11.8 Å². The van der Waals surface area contributed by atoms with Crippen LogP contribution in [0.1, 0.15) is 0 Å². The number of hydrogen-bond acceptors (Lipinski definition) is 3. The first-order chi connectivity index (χ1) is 11.1. The van der Waals surface area contributed by atoms with Gasteiger partial charge in [0, 0.05) is 4.90 Å². The lowest BCUT2D eigenvalue weighted by Crippen LogP contribution is -2.41. The van der Waals surface area contributed by atoms with Gasteiger partial charge in [0.05, 0.1) is 11.4 Å². The first-order valence-electron chi connectivity index (χ1n) is 6.82. The zero-order chi connectivity index (χ0) is 16.4. The van der Waals surface area contributed by atoms with Crippen LogP contribution >= 0.6 is 11.8 Å². The van der Waals surface area contributed by atoms with Crippen LogP contribution in [0.4, 0.5) is 20.2 Å². The average Bonchev–Trinajstić information content (AvgIpc) is 2.54. The van der Waals surface area contributed by atoms with E-state index in [2.05, 4.69) is 5.32 Å². The standard InChI is InChI=1S/C16H12F2N2O2S/c17-10-4-3-5-11(18)16(10)19-14(21)8-20-12-6-1-2-7-13(12)23-9-15(20)22/h1-7H,8-9H2,(H,19,21). The third kappa shape index (κ3) is 3.19.